The first-order valence-electron chi connectivity index (χ1n) is 5.69. The largest absolute Gasteiger partial charge is 0.389 e. The number of hydrogen-bond acceptors (Lipinski definition) is 3. The van der Waals surface area contributed by atoms with Crippen LogP contribution in [0.25, 0.3) is 0 Å². The lowest BCUT2D eigenvalue weighted by molar-refractivity contribution is 0.0246. The highest BCUT2D eigenvalue weighted by atomic mass is 16.5. The highest BCUT2D eigenvalue weighted by Gasteiger charge is 2.19. The minimum Gasteiger partial charge on any atom is -0.389 e. The summed E-state index contributed by atoms with van der Waals surface area (Å²) in [5.74, 6) is 0. The number of ether oxygens (including phenoxy) is 1. The van der Waals surface area contributed by atoms with Gasteiger partial charge in [-0.1, -0.05) is 20.8 Å². The summed E-state index contributed by atoms with van der Waals surface area (Å²) in [7, 11) is 1.66. The van der Waals surface area contributed by atoms with Gasteiger partial charge in [0.25, 0.3) is 0 Å². The summed E-state index contributed by atoms with van der Waals surface area (Å²) in [6, 6.07) is 0. The van der Waals surface area contributed by atoms with Crippen molar-refractivity contribution >= 4 is 0 Å². The van der Waals surface area contributed by atoms with E-state index in [4.69, 9.17) is 4.74 Å². The van der Waals surface area contributed by atoms with Crippen molar-refractivity contribution in [2.24, 2.45) is 5.41 Å². The van der Waals surface area contributed by atoms with Gasteiger partial charge < -0.3 is 15.2 Å². The monoisotopic (exact) mass is 217 g/mol. The molecule has 0 heterocycles. The van der Waals surface area contributed by atoms with Gasteiger partial charge in [0.2, 0.25) is 0 Å². The van der Waals surface area contributed by atoms with Crippen LogP contribution in [0.4, 0.5) is 0 Å². The van der Waals surface area contributed by atoms with Gasteiger partial charge in [-0.25, -0.2) is 0 Å². The van der Waals surface area contributed by atoms with Crippen molar-refractivity contribution in [2.75, 3.05) is 26.8 Å². The topological polar surface area (TPSA) is 41.5 Å². The maximum atomic E-state index is 9.93. The highest BCUT2D eigenvalue weighted by molar-refractivity contribution is 4.75. The lowest BCUT2D eigenvalue weighted by atomic mass is 9.92. The van der Waals surface area contributed by atoms with E-state index < -0.39 is 5.60 Å². The van der Waals surface area contributed by atoms with E-state index in [1.807, 2.05) is 6.92 Å². The quantitative estimate of drug-likeness (QED) is 0.639. The summed E-state index contributed by atoms with van der Waals surface area (Å²) in [5.41, 5.74) is -0.306. The van der Waals surface area contributed by atoms with Gasteiger partial charge in [0.1, 0.15) is 0 Å². The molecule has 0 rings (SSSR count). The van der Waals surface area contributed by atoms with E-state index in [-0.39, 0.29) is 0 Å². The van der Waals surface area contributed by atoms with E-state index in [0.717, 1.165) is 13.0 Å². The van der Waals surface area contributed by atoms with Crippen LogP contribution >= 0.6 is 0 Å². The van der Waals surface area contributed by atoms with Crippen molar-refractivity contribution in [1.82, 2.24) is 5.32 Å². The van der Waals surface area contributed by atoms with Crippen molar-refractivity contribution in [1.29, 1.82) is 0 Å². The van der Waals surface area contributed by atoms with Gasteiger partial charge in [-0.3, -0.25) is 0 Å². The molecule has 15 heavy (non-hydrogen) atoms. The van der Waals surface area contributed by atoms with Crippen LogP contribution in [0.15, 0.2) is 0 Å². The third kappa shape index (κ3) is 10.2. The van der Waals surface area contributed by atoms with Gasteiger partial charge in [-0.05, 0) is 25.3 Å². The Bertz CT molecular complexity index is 161. The van der Waals surface area contributed by atoms with E-state index in [0.29, 0.717) is 25.0 Å². The molecule has 0 aromatic rings. The summed E-state index contributed by atoms with van der Waals surface area (Å²) in [5, 5.41) is 13.2. The second-order valence-electron chi connectivity index (χ2n) is 5.73. The summed E-state index contributed by atoms with van der Waals surface area (Å²) in [6.07, 6.45) is 1.79. The van der Waals surface area contributed by atoms with E-state index in [1.54, 1.807) is 7.11 Å². The van der Waals surface area contributed by atoms with Crippen LogP contribution < -0.4 is 5.32 Å². The highest BCUT2D eigenvalue weighted by Crippen LogP contribution is 2.17. The predicted molar refractivity (Wildman–Crippen MR) is 64.1 cm³/mol. The smallest absolute Gasteiger partial charge is 0.0765 e. The van der Waals surface area contributed by atoms with Crippen LogP contribution in [0.2, 0.25) is 0 Å². The Hall–Kier alpha value is -0.120. The molecular weight excluding hydrogens is 190 g/mol. The van der Waals surface area contributed by atoms with Gasteiger partial charge in [-0.2, -0.15) is 0 Å². The van der Waals surface area contributed by atoms with Gasteiger partial charge in [0.05, 0.1) is 5.60 Å². The molecule has 92 valence electrons. The third-order valence-electron chi connectivity index (χ3n) is 2.40. The molecule has 0 radical (unpaired) electrons. The Morgan fingerprint density at radius 2 is 1.73 bits per heavy atom. The molecule has 0 aliphatic rings. The van der Waals surface area contributed by atoms with E-state index in [2.05, 4.69) is 26.1 Å². The second-order valence-corrected chi connectivity index (χ2v) is 5.73. The first kappa shape index (κ1) is 14.9. The second kappa shape index (κ2) is 6.46. The van der Waals surface area contributed by atoms with Crippen LogP contribution in [0.3, 0.4) is 0 Å². The Morgan fingerprint density at radius 1 is 1.13 bits per heavy atom. The molecule has 0 fully saturated rings. The molecule has 0 aromatic carbocycles. The minimum absolute atomic E-state index is 0.353. The molecule has 2 N–H and O–H groups in total. The van der Waals surface area contributed by atoms with Crippen molar-refractivity contribution in [3.05, 3.63) is 0 Å². The number of rotatable bonds is 7. The van der Waals surface area contributed by atoms with Gasteiger partial charge in [-0.15, -0.1) is 0 Å². The normalized spacial score (nSPS) is 16.4. The summed E-state index contributed by atoms with van der Waals surface area (Å²) in [4.78, 5) is 0. The molecule has 0 aliphatic heterocycles. The maximum Gasteiger partial charge on any atom is 0.0765 e. The fourth-order valence-electron chi connectivity index (χ4n) is 1.23. The molecular formula is C12H27NO2. The van der Waals surface area contributed by atoms with Crippen molar-refractivity contribution < 1.29 is 9.84 Å². The minimum atomic E-state index is -0.659. The molecule has 0 bridgehead atoms. The average Bonchev–Trinajstić information content (AvgIpc) is 2.08. The standard InChI is InChI=1S/C12H27NO2/c1-11(2,3)6-8-13-10-12(4,14)7-9-15-5/h13-14H,6-10H2,1-5H3. The molecule has 0 aromatic heterocycles. The number of methoxy groups -OCH3 is 1. The molecule has 3 heteroatoms. The summed E-state index contributed by atoms with van der Waals surface area (Å²) in [6.45, 7) is 10.7. The molecule has 0 amide bonds. The van der Waals surface area contributed by atoms with Crippen molar-refractivity contribution in [3.63, 3.8) is 0 Å². The molecule has 0 spiro atoms. The fraction of sp³-hybridized carbons (Fsp3) is 1.00. The molecule has 1 unspecified atom stereocenters. The molecule has 0 saturated heterocycles. The Balaban J connectivity index is 3.57. The lowest BCUT2D eigenvalue weighted by Gasteiger charge is -2.25. The Morgan fingerprint density at radius 3 is 2.20 bits per heavy atom. The van der Waals surface area contributed by atoms with E-state index >= 15 is 0 Å². The molecule has 1 atom stereocenters. The number of aliphatic hydroxyl groups is 1. The fourth-order valence-corrected chi connectivity index (χ4v) is 1.23. The SMILES string of the molecule is COCCC(C)(O)CNCCC(C)(C)C. The maximum absolute atomic E-state index is 9.93. The zero-order valence-corrected chi connectivity index (χ0v) is 10.9. The summed E-state index contributed by atoms with van der Waals surface area (Å²) >= 11 is 0. The van der Waals surface area contributed by atoms with Crippen LogP contribution in [0.1, 0.15) is 40.5 Å². The van der Waals surface area contributed by atoms with Crippen molar-refractivity contribution in [2.45, 2.75) is 46.1 Å². The van der Waals surface area contributed by atoms with Crippen LogP contribution in [0, 0.1) is 5.41 Å². The number of nitrogens with one attached hydrogen (secondary N) is 1. The summed E-state index contributed by atoms with van der Waals surface area (Å²) < 4.78 is 4.95. The molecule has 0 saturated carbocycles. The van der Waals surface area contributed by atoms with Crippen LogP contribution in [-0.4, -0.2) is 37.5 Å². The number of hydrogen-bond donors (Lipinski definition) is 2. The van der Waals surface area contributed by atoms with Gasteiger partial charge in [0, 0.05) is 26.7 Å². The predicted octanol–water partition coefficient (Wildman–Crippen LogP) is 1.80. The zero-order chi connectivity index (χ0) is 11.9. The lowest BCUT2D eigenvalue weighted by Crippen LogP contribution is -2.39. The zero-order valence-electron chi connectivity index (χ0n) is 10.9. The van der Waals surface area contributed by atoms with E-state index in [1.165, 1.54) is 0 Å². The van der Waals surface area contributed by atoms with Crippen LogP contribution in [-0.2, 0) is 4.74 Å². The first-order chi connectivity index (χ1) is 6.77. The van der Waals surface area contributed by atoms with Crippen LogP contribution in [0.5, 0.6) is 0 Å². The first-order valence-corrected chi connectivity index (χ1v) is 5.69. The van der Waals surface area contributed by atoms with Gasteiger partial charge in [0.15, 0.2) is 0 Å². The van der Waals surface area contributed by atoms with E-state index in [9.17, 15) is 5.11 Å². The Labute approximate surface area is 94.2 Å². The average molecular weight is 217 g/mol. The molecule has 3 nitrogen and oxygen atoms in total. The Kier molecular flexibility index (Phi) is 6.41. The third-order valence-corrected chi connectivity index (χ3v) is 2.40. The van der Waals surface area contributed by atoms with Gasteiger partial charge >= 0.3 is 0 Å². The molecule has 0 aliphatic carbocycles. The van der Waals surface area contributed by atoms with Crippen molar-refractivity contribution in [3.8, 4) is 0 Å².